The molecule has 4 rings (SSSR count). The van der Waals surface area contributed by atoms with Gasteiger partial charge in [0.2, 0.25) is 0 Å². The van der Waals surface area contributed by atoms with Crippen molar-refractivity contribution in [1.29, 1.82) is 0 Å². The van der Waals surface area contributed by atoms with E-state index in [2.05, 4.69) is 0 Å². The average molecular weight is 467 g/mol. The highest BCUT2D eigenvalue weighted by Gasteiger charge is 2.32. The van der Waals surface area contributed by atoms with Crippen molar-refractivity contribution in [1.82, 2.24) is 0 Å². The number of rotatable bonds is 6. The molecular weight excluding hydrogens is 443 g/mol. The van der Waals surface area contributed by atoms with E-state index in [4.69, 9.17) is 9.29 Å². The van der Waals surface area contributed by atoms with Crippen LogP contribution in [0, 0.1) is 5.82 Å². The Morgan fingerprint density at radius 1 is 1.13 bits per heavy atom. The Kier molecular flexibility index (Phi) is 6.40. The predicted octanol–water partition coefficient (Wildman–Crippen LogP) is 3.58. The van der Waals surface area contributed by atoms with Crippen molar-refractivity contribution in [3.05, 3.63) is 53.8 Å². The van der Waals surface area contributed by atoms with Gasteiger partial charge in [-0.2, -0.15) is 20.2 Å². The number of cyclic esters (lactones) is 1. The maximum Gasteiger partial charge on any atom is 0.414 e. The molecule has 0 spiro atoms. The molecule has 2 aliphatic rings. The highest BCUT2D eigenvalue weighted by atomic mass is 32.2. The lowest BCUT2D eigenvalue weighted by Gasteiger charge is -2.29. The van der Waals surface area contributed by atoms with Crippen LogP contribution in [-0.4, -0.2) is 56.3 Å². The van der Waals surface area contributed by atoms with Gasteiger partial charge >= 0.3 is 6.09 Å². The molecule has 31 heavy (non-hydrogen) atoms. The third-order valence-corrected chi connectivity index (χ3v) is 7.26. The average Bonchev–Trinajstić information content (AvgIpc) is 3.13. The molecule has 0 saturated carbocycles. The van der Waals surface area contributed by atoms with Crippen LogP contribution in [0.15, 0.2) is 47.4 Å². The van der Waals surface area contributed by atoms with Crippen molar-refractivity contribution in [3.8, 4) is 0 Å². The molecule has 0 radical (unpaired) electrons. The van der Waals surface area contributed by atoms with Crippen molar-refractivity contribution in [2.75, 3.05) is 40.9 Å². The van der Waals surface area contributed by atoms with Crippen LogP contribution in [0.1, 0.15) is 12.0 Å². The third-order valence-electron chi connectivity index (χ3n) is 5.44. The van der Waals surface area contributed by atoms with Crippen LogP contribution in [0.25, 0.3) is 0 Å². The highest BCUT2D eigenvalue weighted by Crippen LogP contribution is 2.30. The summed E-state index contributed by atoms with van der Waals surface area (Å²) in [6, 6.07) is 10.8. The number of anilines is 2. The molecular formula is C21H23FN2O5S2. The maximum absolute atomic E-state index is 14.7. The summed E-state index contributed by atoms with van der Waals surface area (Å²) in [5.74, 6) is 1.60. The Balaban J connectivity index is 1.37. The second-order valence-corrected chi connectivity index (χ2v) is 10.2. The smallest absolute Gasteiger partial charge is 0.414 e. The van der Waals surface area contributed by atoms with E-state index >= 15 is 0 Å². The molecule has 2 aromatic carbocycles. The molecule has 0 aromatic heterocycles. The molecule has 0 aliphatic carbocycles. The van der Waals surface area contributed by atoms with Crippen molar-refractivity contribution >= 4 is 39.3 Å². The normalized spacial score (nSPS) is 19.5. The highest BCUT2D eigenvalue weighted by molar-refractivity contribution is 7.99. The van der Waals surface area contributed by atoms with Gasteiger partial charge in [0.25, 0.3) is 10.1 Å². The lowest BCUT2D eigenvalue weighted by molar-refractivity contribution is 0.137. The Bertz CT molecular complexity index is 1060. The molecule has 1 unspecified atom stereocenters. The van der Waals surface area contributed by atoms with Crippen LogP contribution in [0.4, 0.5) is 20.6 Å². The fourth-order valence-corrected chi connectivity index (χ4v) is 5.15. The SMILES string of the molecule is O=C1OC(CCc2ccc(S(=O)(=O)O)cc2)CN1c1ccc(N2CCSCC2)c(F)c1. The van der Waals surface area contributed by atoms with Gasteiger partial charge in [-0.3, -0.25) is 9.45 Å². The van der Waals surface area contributed by atoms with Crippen molar-refractivity contribution in [3.63, 3.8) is 0 Å². The zero-order chi connectivity index (χ0) is 22.0. The van der Waals surface area contributed by atoms with Crippen LogP contribution in [-0.2, 0) is 21.3 Å². The van der Waals surface area contributed by atoms with Gasteiger partial charge in [0.15, 0.2) is 0 Å². The standard InChI is InChI=1S/C21H23FN2O5S2/c22-19-13-16(4-8-20(19)23-9-11-30-12-10-23)24-14-17(29-21(24)25)5-1-15-2-6-18(7-3-15)31(26,27)28/h2-4,6-8,13,17H,1,5,9-12,14H2,(H,26,27,28). The van der Waals surface area contributed by atoms with Gasteiger partial charge < -0.3 is 9.64 Å². The number of halogens is 1. The van der Waals surface area contributed by atoms with Crippen LogP contribution in [0.2, 0.25) is 0 Å². The molecule has 1 N–H and O–H groups in total. The summed E-state index contributed by atoms with van der Waals surface area (Å²) in [6.07, 6.45) is 0.251. The minimum Gasteiger partial charge on any atom is -0.444 e. The first kappa shape index (κ1) is 21.9. The molecule has 10 heteroatoms. The number of hydrogen-bond acceptors (Lipinski definition) is 6. The van der Waals surface area contributed by atoms with Crippen molar-refractivity contribution in [2.45, 2.75) is 23.8 Å². The third kappa shape index (κ3) is 5.13. The summed E-state index contributed by atoms with van der Waals surface area (Å²) in [5.41, 5.74) is 1.89. The van der Waals surface area contributed by atoms with Crippen LogP contribution in [0.3, 0.4) is 0 Å². The van der Waals surface area contributed by atoms with E-state index in [1.165, 1.54) is 23.1 Å². The lowest BCUT2D eigenvalue weighted by Crippen LogP contribution is -2.33. The number of thioether (sulfide) groups is 1. The summed E-state index contributed by atoms with van der Waals surface area (Å²) < 4.78 is 51.4. The Morgan fingerprint density at radius 3 is 2.48 bits per heavy atom. The summed E-state index contributed by atoms with van der Waals surface area (Å²) >= 11 is 1.86. The number of benzene rings is 2. The van der Waals surface area contributed by atoms with E-state index in [1.807, 2.05) is 16.7 Å². The van der Waals surface area contributed by atoms with Gasteiger partial charge in [-0.1, -0.05) is 12.1 Å². The summed E-state index contributed by atoms with van der Waals surface area (Å²) in [5, 5.41) is 0. The van der Waals surface area contributed by atoms with E-state index in [-0.39, 0.29) is 16.8 Å². The Morgan fingerprint density at radius 2 is 1.84 bits per heavy atom. The zero-order valence-corrected chi connectivity index (χ0v) is 18.4. The first-order valence-electron chi connectivity index (χ1n) is 9.98. The largest absolute Gasteiger partial charge is 0.444 e. The van der Waals surface area contributed by atoms with Crippen LogP contribution in [0.5, 0.6) is 0 Å². The van der Waals surface area contributed by atoms with E-state index in [0.29, 0.717) is 30.8 Å². The molecule has 1 atom stereocenters. The lowest BCUT2D eigenvalue weighted by atomic mass is 10.1. The summed E-state index contributed by atoms with van der Waals surface area (Å²) in [7, 11) is -4.22. The number of ether oxygens (including phenoxy) is 1. The fourth-order valence-electron chi connectivity index (χ4n) is 3.76. The molecule has 2 aliphatic heterocycles. The number of amides is 1. The van der Waals surface area contributed by atoms with Crippen LogP contribution >= 0.6 is 11.8 Å². The number of hydrogen-bond donors (Lipinski definition) is 1. The van der Waals surface area contributed by atoms with E-state index in [1.54, 1.807) is 24.3 Å². The second-order valence-electron chi connectivity index (χ2n) is 7.51. The number of carbonyl (C=O) groups is 1. The van der Waals surface area contributed by atoms with E-state index < -0.39 is 16.2 Å². The number of carbonyl (C=O) groups excluding carboxylic acids is 1. The second kappa shape index (κ2) is 9.05. The first-order chi connectivity index (χ1) is 14.8. The first-order valence-corrected chi connectivity index (χ1v) is 12.6. The Hall–Kier alpha value is -2.30. The van der Waals surface area contributed by atoms with E-state index in [9.17, 15) is 17.6 Å². The minimum atomic E-state index is -4.22. The molecule has 1 amide bonds. The Labute approximate surface area is 184 Å². The van der Waals surface area contributed by atoms with Crippen molar-refractivity contribution < 1.29 is 26.9 Å². The maximum atomic E-state index is 14.7. The quantitative estimate of drug-likeness (QED) is 0.651. The van der Waals surface area contributed by atoms with Gasteiger partial charge in [-0.25, -0.2) is 9.18 Å². The number of nitrogens with zero attached hydrogens (tertiary/aromatic N) is 2. The summed E-state index contributed by atoms with van der Waals surface area (Å²) in [6.45, 7) is 1.93. The van der Waals surface area contributed by atoms with Gasteiger partial charge in [0.1, 0.15) is 11.9 Å². The van der Waals surface area contributed by atoms with Gasteiger partial charge in [-0.05, 0) is 48.7 Å². The molecule has 2 heterocycles. The molecule has 2 saturated heterocycles. The zero-order valence-electron chi connectivity index (χ0n) is 16.7. The topological polar surface area (TPSA) is 87.1 Å². The van der Waals surface area contributed by atoms with Crippen molar-refractivity contribution in [2.24, 2.45) is 0 Å². The molecule has 7 nitrogen and oxygen atoms in total. The molecule has 2 fully saturated rings. The predicted molar refractivity (Wildman–Crippen MR) is 118 cm³/mol. The van der Waals surface area contributed by atoms with Crippen LogP contribution < -0.4 is 9.80 Å². The summed E-state index contributed by atoms with van der Waals surface area (Å²) in [4.78, 5) is 15.6. The minimum absolute atomic E-state index is 0.163. The van der Waals surface area contributed by atoms with Gasteiger partial charge in [-0.15, -0.1) is 0 Å². The monoisotopic (exact) mass is 466 g/mol. The van der Waals surface area contributed by atoms with Gasteiger partial charge in [0.05, 0.1) is 22.8 Å². The fraction of sp³-hybridized carbons (Fsp3) is 0.381. The molecule has 0 bridgehead atoms. The number of aryl methyl sites for hydroxylation is 1. The molecule has 166 valence electrons. The van der Waals surface area contributed by atoms with E-state index in [0.717, 1.165) is 30.2 Å². The molecule has 2 aromatic rings. The van der Waals surface area contributed by atoms with Gasteiger partial charge in [0, 0.05) is 24.6 Å².